The fraction of sp³-hybridized carbons (Fsp3) is 0.438. The number of hydrogen-bond donors (Lipinski definition) is 1. The Balaban J connectivity index is 2.34. The van der Waals surface area contributed by atoms with Gasteiger partial charge in [0.05, 0.1) is 11.7 Å². The molecule has 1 atom stereocenters. The molecule has 0 saturated heterocycles. The molecule has 1 unspecified atom stereocenters. The van der Waals surface area contributed by atoms with E-state index < -0.39 is 0 Å². The lowest BCUT2D eigenvalue weighted by Crippen LogP contribution is -2.23. The lowest BCUT2D eigenvalue weighted by molar-refractivity contribution is 0.593. The van der Waals surface area contributed by atoms with Gasteiger partial charge in [-0.3, -0.25) is 0 Å². The minimum atomic E-state index is 0.159. The maximum absolute atomic E-state index is 4.82. The van der Waals surface area contributed by atoms with Crippen molar-refractivity contribution in [1.82, 2.24) is 10.3 Å². The van der Waals surface area contributed by atoms with Crippen LogP contribution in [0.4, 0.5) is 0 Å². The molecule has 1 aromatic heterocycles. The molecule has 5 heteroatoms. The Morgan fingerprint density at radius 1 is 1.24 bits per heavy atom. The second-order valence-corrected chi connectivity index (χ2v) is 7.92. The first-order valence-corrected chi connectivity index (χ1v) is 9.63. The van der Waals surface area contributed by atoms with E-state index in [0.717, 1.165) is 26.9 Å². The molecule has 1 aromatic carbocycles. The van der Waals surface area contributed by atoms with Gasteiger partial charge in [0.25, 0.3) is 0 Å². The monoisotopic (exact) mass is 430 g/mol. The highest BCUT2D eigenvalue weighted by Crippen LogP contribution is 2.31. The normalized spacial score (nSPS) is 12.9. The van der Waals surface area contributed by atoms with Crippen LogP contribution in [0.5, 0.6) is 0 Å². The van der Waals surface area contributed by atoms with E-state index in [1.807, 2.05) is 0 Å². The lowest BCUT2D eigenvalue weighted by atomic mass is 10.1. The minimum absolute atomic E-state index is 0.159. The first-order chi connectivity index (χ1) is 10.0. The highest BCUT2D eigenvalue weighted by atomic mass is 79.9. The van der Waals surface area contributed by atoms with Gasteiger partial charge in [-0.2, -0.15) is 0 Å². The van der Waals surface area contributed by atoms with Gasteiger partial charge in [0, 0.05) is 14.3 Å². The number of aromatic nitrogens is 1. The Morgan fingerprint density at radius 3 is 2.57 bits per heavy atom. The maximum atomic E-state index is 4.82. The SMILES string of the molecule is CCCNC(c1ccc(Br)c(Br)c1)c1nc(C(C)C)cs1. The summed E-state index contributed by atoms with van der Waals surface area (Å²) in [5.41, 5.74) is 2.41. The third kappa shape index (κ3) is 4.38. The van der Waals surface area contributed by atoms with E-state index in [0.29, 0.717) is 5.92 Å². The fourth-order valence-electron chi connectivity index (χ4n) is 2.03. The molecule has 2 aromatic rings. The molecule has 0 saturated carbocycles. The molecule has 0 aliphatic rings. The zero-order valence-corrected chi connectivity index (χ0v) is 16.5. The average molecular weight is 432 g/mol. The van der Waals surface area contributed by atoms with Crippen LogP contribution in [0.15, 0.2) is 32.5 Å². The van der Waals surface area contributed by atoms with Crippen LogP contribution in [0.1, 0.15) is 55.4 Å². The molecule has 0 fully saturated rings. The molecule has 0 aliphatic carbocycles. The molecule has 0 spiro atoms. The second-order valence-electron chi connectivity index (χ2n) is 5.33. The molecule has 1 N–H and O–H groups in total. The molecule has 2 rings (SSSR count). The number of hydrogen-bond acceptors (Lipinski definition) is 3. The van der Waals surface area contributed by atoms with Crippen LogP contribution in [0.25, 0.3) is 0 Å². The summed E-state index contributed by atoms with van der Waals surface area (Å²) in [5.74, 6) is 0.471. The van der Waals surface area contributed by atoms with Crippen LogP contribution in [0.2, 0.25) is 0 Å². The van der Waals surface area contributed by atoms with E-state index in [4.69, 9.17) is 4.98 Å². The number of thiazole rings is 1. The number of rotatable bonds is 6. The van der Waals surface area contributed by atoms with Gasteiger partial charge in [-0.25, -0.2) is 4.98 Å². The Labute approximate surface area is 147 Å². The third-order valence-corrected chi connectivity index (χ3v) is 6.06. The second kappa shape index (κ2) is 7.86. The number of nitrogens with one attached hydrogen (secondary N) is 1. The summed E-state index contributed by atoms with van der Waals surface area (Å²) < 4.78 is 2.14. The third-order valence-electron chi connectivity index (χ3n) is 3.25. The molecule has 21 heavy (non-hydrogen) atoms. The maximum Gasteiger partial charge on any atom is 0.114 e. The largest absolute Gasteiger partial charge is 0.304 e. The van der Waals surface area contributed by atoms with E-state index in [1.165, 1.54) is 11.3 Å². The summed E-state index contributed by atoms with van der Waals surface area (Å²) in [7, 11) is 0. The summed E-state index contributed by atoms with van der Waals surface area (Å²) >= 11 is 8.86. The zero-order valence-electron chi connectivity index (χ0n) is 12.5. The van der Waals surface area contributed by atoms with Crippen LogP contribution in [0.3, 0.4) is 0 Å². The van der Waals surface area contributed by atoms with Gasteiger partial charge in [-0.1, -0.05) is 26.8 Å². The number of nitrogens with zero attached hydrogens (tertiary/aromatic N) is 1. The van der Waals surface area contributed by atoms with Crippen molar-refractivity contribution in [3.63, 3.8) is 0 Å². The summed E-state index contributed by atoms with van der Waals surface area (Å²) in [6, 6.07) is 6.55. The summed E-state index contributed by atoms with van der Waals surface area (Å²) in [6.45, 7) is 7.53. The van der Waals surface area contributed by atoms with Crippen molar-refractivity contribution in [2.24, 2.45) is 0 Å². The summed E-state index contributed by atoms with van der Waals surface area (Å²) in [4.78, 5) is 4.82. The summed E-state index contributed by atoms with van der Waals surface area (Å²) in [6.07, 6.45) is 1.11. The van der Waals surface area contributed by atoms with Crippen molar-refractivity contribution in [3.8, 4) is 0 Å². The van der Waals surface area contributed by atoms with E-state index in [2.05, 4.69) is 81.5 Å². The number of benzene rings is 1. The fourth-order valence-corrected chi connectivity index (χ4v) is 3.75. The Hall–Kier alpha value is -0.230. The average Bonchev–Trinajstić information content (AvgIpc) is 2.93. The molecule has 0 radical (unpaired) electrons. The standard InChI is InChI=1S/C16H20Br2N2S/c1-4-7-19-15(11-5-6-12(17)13(18)8-11)16-20-14(9-21-16)10(2)3/h5-6,8-10,15,19H,4,7H2,1-3H3. The Kier molecular flexibility index (Phi) is 6.41. The van der Waals surface area contributed by atoms with Crippen LogP contribution < -0.4 is 5.32 Å². The molecule has 0 aliphatic heterocycles. The molecule has 0 amide bonds. The van der Waals surface area contributed by atoms with Gasteiger partial charge in [-0.05, 0) is 68.4 Å². The van der Waals surface area contributed by atoms with E-state index >= 15 is 0 Å². The highest BCUT2D eigenvalue weighted by molar-refractivity contribution is 9.13. The van der Waals surface area contributed by atoms with Crippen molar-refractivity contribution in [3.05, 3.63) is 48.8 Å². The van der Waals surface area contributed by atoms with E-state index in [1.54, 1.807) is 11.3 Å². The van der Waals surface area contributed by atoms with Crippen molar-refractivity contribution in [2.75, 3.05) is 6.54 Å². The van der Waals surface area contributed by atoms with Crippen LogP contribution in [-0.2, 0) is 0 Å². The molecule has 1 heterocycles. The first kappa shape index (κ1) is 17.1. The van der Waals surface area contributed by atoms with Crippen molar-refractivity contribution >= 4 is 43.2 Å². The van der Waals surface area contributed by atoms with Crippen molar-refractivity contribution in [2.45, 2.75) is 39.2 Å². The van der Waals surface area contributed by atoms with Crippen LogP contribution in [-0.4, -0.2) is 11.5 Å². The zero-order chi connectivity index (χ0) is 15.4. The number of halogens is 2. The summed E-state index contributed by atoms with van der Waals surface area (Å²) in [5, 5.41) is 6.93. The van der Waals surface area contributed by atoms with Crippen molar-refractivity contribution in [1.29, 1.82) is 0 Å². The topological polar surface area (TPSA) is 24.9 Å². The Bertz CT molecular complexity index is 596. The first-order valence-electron chi connectivity index (χ1n) is 7.16. The lowest BCUT2D eigenvalue weighted by Gasteiger charge is -2.17. The quantitative estimate of drug-likeness (QED) is 0.617. The smallest absolute Gasteiger partial charge is 0.114 e. The van der Waals surface area contributed by atoms with Crippen LogP contribution in [0, 0.1) is 0 Å². The van der Waals surface area contributed by atoms with E-state index in [-0.39, 0.29) is 6.04 Å². The predicted molar refractivity (Wildman–Crippen MR) is 98.2 cm³/mol. The van der Waals surface area contributed by atoms with E-state index in [9.17, 15) is 0 Å². The minimum Gasteiger partial charge on any atom is -0.304 e. The predicted octanol–water partition coefficient (Wildman–Crippen LogP) is 5.88. The van der Waals surface area contributed by atoms with Crippen LogP contribution >= 0.6 is 43.2 Å². The van der Waals surface area contributed by atoms with Crippen molar-refractivity contribution < 1.29 is 0 Å². The molecular weight excluding hydrogens is 412 g/mol. The van der Waals surface area contributed by atoms with Gasteiger partial charge in [-0.15, -0.1) is 11.3 Å². The van der Waals surface area contributed by atoms with Gasteiger partial charge < -0.3 is 5.32 Å². The van der Waals surface area contributed by atoms with Gasteiger partial charge in [0.2, 0.25) is 0 Å². The highest BCUT2D eigenvalue weighted by Gasteiger charge is 2.18. The molecule has 0 bridgehead atoms. The van der Waals surface area contributed by atoms with Gasteiger partial charge >= 0.3 is 0 Å². The Morgan fingerprint density at radius 2 is 2.00 bits per heavy atom. The molecular formula is C16H20Br2N2S. The molecule has 2 nitrogen and oxygen atoms in total. The molecule has 114 valence electrons. The van der Waals surface area contributed by atoms with Gasteiger partial charge in [0.1, 0.15) is 5.01 Å². The van der Waals surface area contributed by atoms with Gasteiger partial charge in [0.15, 0.2) is 0 Å².